The van der Waals surface area contributed by atoms with Crippen LogP contribution in [0.5, 0.6) is 0 Å². The quantitative estimate of drug-likeness (QED) is 0.709. The normalized spacial score (nSPS) is 22.3. The standard InChI is InChI=1S/C14H26N2O3/c1-4-8-14(9-6-10-15-14)13(18)16(2)11-5-7-12(17)19-3/h15H,4-11H2,1-3H3. The molecule has 0 bridgehead atoms. The Morgan fingerprint density at radius 3 is 2.68 bits per heavy atom. The van der Waals surface area contributed by atoms with Crippen molar-refractivity contribution in [2.75, 3.05) is 27.2 Å². The average Bonchev–Trinajstić information content (AvgIpc) is 2.87. The molecule has 1 heterocycles. The Morgan fingerprint density at radius 1 is 1.42 bits per heavy atom. The summed E-state index contributed by atoms with van der Waals surface area (Å²) in [4.78, 5) is 25.3. The summed E-state index contributed by atoms with van der Waals surface area (Å²) in [5.74, 6) is -0.0557. The largest absolute Gasteiger partial charge is 0.469 e. The predicted octanol–water partition coefficient (Wildman–Crippen LogP) is 1.32. The lowest BCUT2D eigenvalue weighted by Crippen LogP contribution is -2.54. The minimum Gasteiger partial charge on any atom is -0.469 e. The Morgan fingerprint density at radius 2 is 2.16 bits per heavy atom. The molecule has 0 aromatic rings. The second kappa shape index (κ2) is 7.48. The number of ether oxygens (including phenoxy) is 1. The summed E-state index contributed by atoms with van der Waals surface area (Å²) in [5.41, 5.74) is -0.366. The third-order valence-electron chi connectivity index (χ3n) is 3.78. The molecule has 19 heavy (non-hydrogen) atoms. The van der Waals surface area contributed by atoms with Crippen molar-refractivity contribution in [2.24, 2.45) is 0 Å². The van der Waals surface area contributed by atoms with Crippen LogP contribution in [0, 0.1) is 0 Å². The average molecular weight is 270 g/mol. The van der Waals surface area contributed by atoms with Crippen molar-refractivity contribution in [3.63, 3.8) is 0 Å². The van der Waals surface area contributed by atoms with E-state index in [0.29, 0.717) is 19.4 Å². The molecular weight excluding hydrogens is 244 g/mol. The van der Waals surface area contributed by atoms with Gasteiger partial charge in [-0.3, -0.25) is 9.59 Å². The van der Waals surface area contributed by atoms with Crippen LogP contribution < -0.4 is 5.32 Å². The van der Waals surface area contributed by atoms with E-state index in [1.165, 1.54) is 7.11 Å². The van der Waals surface area contributed by atoms with E-state index in [4.69, 9.17) is 0 Å². The topological polar surface area (TPSA) is 58.6 Å². The predicted molar refractivity (Wildman–Crippen MR) is 73.8 cm³/mol. The fourth-order valence-electron chi connectivity index (χ4n) is 2.77. The lowest BCUT2D eigenvalue weighted by atomic mass is 9.90. The van der Waals surface area contributed by atoms with Crippen LogP contribution in [0.25, 0.3) is 0 Å². The zero-order valence-corrected chi connectivity index (χ0v) is 12.3. The molecule has 0 aromatic carbocycles. The monoisotopic (exact) mass is 270 g/mol. The number of carbonyl (C=O) groups excluding carboxylic acids is 2. The van der Waals surface area contributed by atoms with E-state index in [-0.39, 0.29) is 17.4 Å². The highest BCUT2D eigenvalue weighted by atomic mass is 16.5. The number of hydrogen-bond acceptors (Lipinski definition) is 4. The van der Waals surface area contributed by atoms with Crippen LogP contribution in [0.3, 0.4) is 0 Å². The maximum absolute atomic E-state index is 12.5. The van der Waals surface area contributed by atoms with Crippen LogP contribution in [0.2, 0.25) is 0 Å². The van der Waals surface area contributed by atoms with Crippen LogP contribution in [0.4, 0.5) is 0 Å². The van der Waals surface area contributed by atoms with E-state index < -0.39 is 0 Å². The van der Waals surface area contributed by atoms with E-state index in [9.17, 15) is 9.59 Å². The molecule has 1 N–H and O–H groups in total. The molecule has 110 valence electrons. The minimum absolute atomic E-state index is 0.164. The van der Waals surface area contributed by atoms with Crippen molar-refractivity contribution in [3.05, 3.63) is 0 Å². The molecule has 0 saturated carbocycles. The highest BCUT2D eigenvalue weighted by Gasteiger charge is 2.41. The van der Waals surface area contributed by atoms with Crippen molar-refractivity contribution in [1.29, 1.82) is 0 Å². The molecule has 0 aromatic heterocycles. The SMILES string of the molecule is CCCC1(C(=O)N(C)CCCC(=O)OC)CCCN1. The number of esters is 1. The van der Waals surface area contributed by atoms with Crippen molar-refractivity contribution in [2.45, 2.75) is 51.0 Å². The first-order valence-corrected chi connectivity index (χ1v) is 7.13. The second-order valence-corrected chi connectivity index (χ2v) is 5.27. The number of hydrogen-bond donors (Lipinski definition) is 1. The third-order valence-corrected chi connectivity index (χ3v) is 3.78. The lowest BCUT2D eigenvalue weighted by Gasteiger charge is -2.32. The van der Waals surface area contributed by atoms with Gasteiger partial charge in [-0.1, -0.05) is 13.3 Å². The molecule has 1 unspecified atom stereocenters. The Kier molecular flexibility index (Phi) is 6.28. The summed E-state index contributed by atoms with van der Waals surface area (Å²) in [6.45, 7) is 3.62. The number of nitrogens with one attached hydrogen (secondary N) is 1. The third kappa shape index (κ3) is 4.20. The number of rotatable bonds is 7. The maximum atomic E-state index is 12.5. The van der Waals surface area contributed by atoms with Gasteiger partial charge in [0.1, 0.15) is 0 Å². The lowest BCUT2D eigenvalue weighted by molar-refractivity contribution is -0.142. The van der Waals surface area contributed by atoms with E-state index in [1.807, 2.05) is 7.05 Å². The van der Waals surface area contributed by atoms with Gasteiger partial charge in [-0.2, -0.15) is 0 Å². The molecule has 0 radical (unpaired) electrons. The Bertz CT molecular complexity index is 312. The summed E-state index contributed by atoms with van der Waals surface area (Å²) >= 11 is 0. The van der Waals surface area contributed by atoms with Crippen molar-refractivity contribution in [3.8, 4) is 0 Å². The fraction of sp³-hybridized carbons (Fsp3) is 0.857. The first-order valence-electron chi connectivity index (χ1n) is 7.13. The molecule has 1 rings (SSSR count). The zero-order chi connectivity index (χ0) is 14.3. The minimum atomic E-state index is -0.366. The van der Waals surface area contributed by atoms with Gasteiger partial charge in [0.15, 0.2) is 0 Å². The molecule has 0 aliphatic carbocycles. The van der Waals surface area contributed by atoms with Gasteiger partial charge in [-0.15, -0.1) is 0 Å². The number of likely N-dealkylation sites (N-methyl/N-ethyl adjacent to an activating group) is 1. The van der Waals surface area contributed by atoms with E-state index in [1.54, 1.807) is 4.90 Å². The van der Waals surface area contributed by atoms with Crippen molar-refractivity contribution < 1.29 is 14.3 Å². The van der Waals surface area contributed by atoms with E-state index in [2.05, 4.69) is 17.0 Å². The smallest absolute Gasteiger partial charge is 0.305 e. The molecule has 5 heteroatoms. The molecule has 0 spiro atoms. The molecule has 1 aliphatic rings. The van der Waals surface area contributed by atoms with E-state index in [0.717, 1.165) is 32.2 Å². The van der Waals surface area contributed by atoms with Crippen LogP contribution in [0.15, 0.2) is 0 Å². The van der Waals surface area contributed by atoms with Crippen LogP contribution in [-0.2, 0) is 14.3 Å². The van der Waals surface area contributed by atoms with Gasteiger partial charge < -0.3 is 15.0 Å². The van der Waals surface area contributed by atoms with Gasteiger partial charge >= 0.3 is 5.97 Å². The highest BCUT2D eigenvalue weighted by Crippen LogP contribution is 2.26. The highest BCUT2D eigenvalue weighted by molar-refractivity contribution is 5.86. The van der Waals surface area contributed by atoms with Crippen LogP contribution >= 0.6 is 0 Å². The van der Waals surface area contributed by atoms with Gasteiger partial charge in [0, 0.05) is 20.0 Å². The molecule has 5 nitrogen and oxygen atoms in total. The summed E-state index contributed by atoms with van der Waals surface area (Å²) in [5, 5.41) is 3.38. The fourth-order valence-corrected chi connectivity index (χ4v) is 2.77. The maximum Gasteiger partial charge on any atom is 0.305 e. The Hall–Kier alpha value is -1.10. The summed E-state index contributed by atoms with van der Waals surface area (Å²) < 4.78 is 4.60. The number of nitrogens with zero attached hydrogens (tertiary/aromatic N) is 1. The first kappa shape index (κ1) is 16.0. The summed E-state index contributed by atoms with van der Waals surface area (Å²) in [7, 11) is 3.20. The number of methoxy groups -OCH3 is 1. The zero-order valence-electron chi connectivity index (χ0n) is 12.3. The molecule has 1 saturated heterocycles. The molecule has 1 amide bonds. The first-order chi connectivity index (χ1) is 9.05. The molecular formula is C14H26N2O3. The molecule has 1 atom stereocenters. The van der Waals surface area contributed by atoms with Gasteiger partial charge in [-0.05, 0) is 32.2 Å². The number of amides is 1. The summed E-state index contributed by atoms with van der Waals surface area (Å²) in [6, 6.07) is 0. The summed E-state index contributed by atoms with van der Waals surface area (Å²) in [6.07, 6.45) is 4.87. The van der Waals surface area contributed by atoms with Crippen molar-refractivity contribution in [1.82, 2.24) is 10.2 Å². The number of carbonyl (C=O) groups is 2. The van der Waals surface area contributed by atoms with Crippen molar-refractivity contribution >= 4 is 11.9 Å². The molecule has 1 aliphatic heterocycles. The van der Waals surface area contributed by atoms with Gasteiger partial charge in [0.2, 0.25) is 5.91 Å². The van der Waals surface area contributed by atoms with Gasteiger partial charge in [-0.25, -0.2) is 0 Å². The van der Waals surface area contributed by atoms with Gasteiger partial charge in [0.25, 0.3) is 0 Å². The van der Waals surface area contributed by atoms with Gasteiger partial charge in [0.05, 0.1) is 12.6 Å². The Labute approximate surface area is 115 Å². The van der Waals surface area contributed by atoms with E-state index >= 15 is 0 Å². The molecule has 1 fully saturated rings. The van der Waals surface area contributed by atoms with Crippen LogP contribution in [0.1, 0.15) is 45.4 Å². The van der Waals surface area contributed by atoms with Crippen LogP contribution in [-0.4, -0.2) is 49.6 Å². The Balaban J connectivity index is 2.47. The second-order valence-electron chi connectivity index (χ2n) is 5.27.